The summed E-state index contributed by atoms with van der Waals surface area (Å²) in [7, 11) is 1.62. The van der Waals surface area contributed by atoms with Crippen molar-refractivity contribution in [3.8, 4) is 0 Å². The predicted octanol–water partition coefficient (Wildman–Crippen LogP) is 2.12. The number of carbonyl (C=O) groups is 4. The van der Waals surface area contributed by atoms with Crippen LogP contribution in [-0.4, -0.2) is 89.8 Å². The van der Waals surface area contributed by atoms with Crippen LogP contribution in [0.2, 0.25) is 0 Å². The molecule has 0 heterocycles. The molecule has 0 fully saturated rings. The normalized spacial score (nSPS) is 11.7. The first-order chi connectivity index (χ1) is 17.6. The minimum atomic E-state index is -1.01. The highest BCUT2D eigenvalue weighted by Gasteiger charge is 2.29. The summed E-state index contributed by atoms with van der Waals surface area (Å²) in [5.41, 5.74) is 1.04. The molecule has 2 N–H and O–H groups in total. The van der Waals surface area contributed by atoms with E-state index in [-0.39, 0.29) is 25.8 Å². The SMILES string of the molecule is CCN(C)C(=O)N(CC)C(=O)C(C)NC(CCc1ccccc1)C(=O)O.O=COCCCCO[N+](=O)[O-]. The van der Waals surface area contributed by atoms with Gasteiger partial charge in [0, 0.05) is 20.1 Å². The van der Waals surface area contributed by atoms with Crippen LogP contribution in [0.5, 0.6) is 0 Å². The minimum Gasteiger partial charge on any atom is -0.480 e. The predicted molar refractivity (Wildman–Crippen MR) is 134 cm³/mol. The Labute approximate surface area is 216 Å². The second-order valence-corrected chi connectivity index (χ2v) is 7.91. The van der Waals surface area contributed by atoms with E-state index in [9.17, 15) is 34.4 Å². The number of urea groups is 1. The number of carboxylic acids is 1. The third-order valence-corrected chi connectivity index (χ3v) is 5.22. The lowest BCUT2D eigenvalue weighted by molar-refractivity contribution is -0.757. The molecule has 2 unspecified atom stereocenters. The number of imide groups is 1. The van der Waals surface area contributed by atoms with Crippen molar-refractivity contribution in [2.75, 3.05) is 33.4 Å². The van der Waals surface area contributed by atoms with Gasteiger partial charge in [-0.1, -0.05) is 30.3 Å². The number of hydrogen-bond acceptors (Lipinski definition) is 9. The van der Waals surface area contributed by atoms with Gasteiger partial charge in [0.15, 0.2) is 0 Å². The molecule has 0 spiro atoms. The lowest BCUT2D eigenvalue weighted by atomic mass is 10.0. The van der Waals surface area contributed by atoms with Gasteiger partial charge < -0.3 is 19.6 Å². The standard InChI is InChI=1S/C19H29N3O4.C5H9NO5/c1-5-21(4)19(26)22(6-2)17(23)14(3)20-16(18(24)25)13-12-15-10-8-7-9-11-15;7-5-10-3-1-2-4-11-6(8)9/h7-11,14,16,20H,5-6,12-13H2,1-4H3,(H,24,25);5H,1-4H2. The molecule has 0 radical (unpaired) electrons. The number of ether oxygens (including phenoxy) is 1. The fraction of sp³-hybridized carbons (Fsp3) is 0.583. The smallest absolute Gasteiger partial charge is 0.326 e. The third kappa shape index (κ3) is 14.4. The molecule has 37 heavy (non-hydrogen) atoms. The Morgan fingerprint density at radius 1 is 1.14 bits per heavy atom. The van der Waals surface area contributed by atoms with Crippen LogP contribution in [0.1, 0.15) is 45.6 Å². The molecule has 1 aromatic carbocycles. The number of likely N-dealkylation sites (N-methyl/N-ethyl adjacent to an activating group) is 1. The fourth-order valence-electron chi connectivity index (χ4n) is 3.04. The van der Waals surface area contributed by atoms with Crippen molar-refractivity contribution in [3.05, 3.63) is 46.0 Å². The Bertz CT molecular complexity index is 839. The number of nitrogens with zero attached hydrogens (tertiary/aromatic N) is 3. The van der Waals surface area contributed by atoms with Gasteiger partial charge in [0.2, 0.25) is 5.91 Å². The molecule has 0 aliphatic rings. The molecule has 2 atom stereocenters. The van der Waals surface area contributed by atoms with Crippen molar-refractivity contribution in [1.29, 1.82) is 0 Å². The lowest BCUT2D eigenvalue weighted by Crippen LogP contribution is -2.54. The number of amides is 3. The van der Waals surface area contributed by atoms with E-state index < -0.39 is 29.0 Å². The summed E-state index contributed by atoms with van der Waals surface area (Å²) in [4.78, 5) is 62.2. The number of nitrogens with one attached hydrogen (secondary N) is 1. The van der Waals surface area contributed by atoms with E-state index in [1.807, 2.05) is 37.3 Å². The van der Waals surface area contributed by atoms with Gasteiger partial charge in [0.05, 0.1) is 19.3 Å². The molecule has 13 heteroatoms. The molecule has 0 saturated carbocycles. The third-order valence-electron chi connectivity index (χ3n) is 5.22. The summed E-state index contributed by atoms with van der Waals surface area (Å²) in [6.07, 6.45) is 2.02. The van der Waals surface area contributed by atoms with E-state index in [0.717, 1.165) is 10.5 Å². The Balaban J connectivity index is 0.000000989. The van der Waals surface area contributed by atoms with Gasteiger partial charge in [-0.05, 0) is 52.0 Å². The van der Waals surface area contributed by atoms with Crippen molar-refractivity contribution < 1.29 is 38.9 Å². The van der Waals surface area contributed by atoms with Crippen molar-refractivity contribution in [3.63, 3.8) is 0 Å². The van der Waals surface area contributed by atoms with Crippen LogP contribution in [-0.2, 0) is 30.4 Å². The first-order valence-electron chi connectivity index (χ1n) is 12.0. The summed E-state index contributed by atoms with van der Waals surface area (Å²) in [6.45, 7) is 6.52. The van der Waals surface area contributed by atoms with E-state index in [1.54, 1.807) is 20.9 Å². The first kappa shape index (κ1) is 33.3. The summed E-state index contributed by atoms with van der Waals surface area (Å²) in [5.74, 6) is -1.44. The van der Waals surface area contributed by atoms with Gasteiger partial charge in [0.25, 0.3) is 11.6 Å². The maximum atomic E-state index is 12.6. The average molecular weight is 527 g/mol. The van der Waals surface area contributed by atoms with Gasteiger partial charge in [-0.15, -0.1) is 10.1 Å². The Kier molecular flexibility index (Phi) is 17.5. The van der Waals surface area contributed by atoms with Crippen molar-refractivity contribution in [2.24, 2.45) is 0 Å². The molecular formula is C24H38N4O9. The monoisotopic (exact) mass is 526 g/mol. The molecule has 0 aliphatic carbocycles. The first-order valence-corrected chi connectivity index (χ1v) is 12.0. The van der Waals surface area contributed by atoms with E-state index >= 15 is 0 Å². The van der Waals surface area contributed by atoms with Crippen molar-refractivity contribution in [1.82, 2.24) is 15.1 Å². The molecule has 13 nitrogen and oxygen atoms in total. The van der Waals surface area contributed by atoms with Gasteiger partial charge in [-0.3, -0.25) is 24.6 Å². The largest absolute Gasteiger partial charge is 0.480 e. The molecule has 1 aromatic rings. The van der Waals surface area contributed by atoms with E-state index in [2.05, 4.69) is 14.9 Å². The second kappa shape index (κ2) is 19.4. The number of aryl methyl sites for hydroxylation is 1. The average Bonchev–Trinajstić information content (AvgIpc) is 2.88. The number of unbranched alkanes of at least 4 members (excludes halogenated alkanes) is 1. The number of carbonyl (C=O) groups excluding carboxylic acids is 3. The Morgan fingerprint density at radius 3 is 2.27 bits per heavy atom. The van der Waals surface area contributed by atoms with Gasteiger partial charge in [-0.25, -0.2) is 4.79 Å². The summed E-state index contributed by atoms with van der Waals surface area (Å²) in [6, 6.07) is 7.55. The number of carboxylic acid groups (broad SMARTS) is 1. The molecule has 0 aromatic heterocycles. The van der Waals surface area contributed by atoms with Crippen molar-refractivity contribution in [2.45, 2.75) is 58.5 Å². The van der Waals surface area contributed by atoms with Crippen LogP contribution in [0.4, 0.5) is 4.79 Å². The lowest BCUT2D eigenvalue weighted by Gasteiger charge is -2.28. The summed E-state index contributed by atoms with van der Waals surface area (Å²) < 4.78 is 4.33. The fourth-order valence-corrected chi connectivity index (χ4v) is 3.04. The van der Waals surface area contributed by atoms with Crippen LogP contribution in [0.25, 0.3) is 0 Å². The van der Waals surface area contributed by atoms with E-state index in [0.29, 0.717) is 38.7 Å². The quantitative estimate of drug-likeness (QED) is 0.141. The zero-order valence-corrected chi connectivity index (χ0v) is 21.8. The number of aliphatic carboxylic acids is 1. The Hall–Kier alpha value is -3.74. The summed E-state index contributed by atoms with van der Waals surface area (Å²) >= 11 is 0. The number of rotatable bonds is 16. The van der Waals surface area contributed by atoms with Crippen molar-refractivity contribution >= 4 is 24.4 Å². The van der Waals surface area contributed by atoms with Crippen LogP contribution < -0.4 is 5.32 Å². The van der Waals surface area contributed by atoms with E-state index in [4.69, 9.17) is 0 Å². The molecule has 0 bridgehead atoms. The minimum absolute atomic E-state index is 0.0508. The zero-order chi connectivity index (χ0) is 28.2. The maximum Gasteiger partial charge on any atom is 0.326 e. The molecule has 0 saturated heterocycles. The molecule has 0 aliphatic heterocycles. The highest BCUT2D eigenvalue weighted by Crippen LogP contribution is 2.08. The highest BCUT2D eigenvalue weighted by atomic mass is 16.9. The zero-order valence-electron chi connectivity index (χ0n) is 21.8. The van der Waals surface area contributed by atoms with Crippen LogP contribution in [0.15, 0.2) is 30.3 Å². The van der Waals surface area contributed by atoms with Crippen LogP contribution >= 0.6 is 0 Å². The molecular weight excluding hydrogens is 488 g/mol. The van der Waals surface area contributed by atoms with Gasteiger partial charge in [0.1, 0.15) is 6.04 Å². The van der Waals surface area contributed by atoms with Crippen LogP contribution in [0.3, 0.4) is 0 Å². The second-order valence-electron chi connectivity index (χ2n) is 7.91. The van der Waals surface area contributed by atoms with Gasteiger partial charge >= 0.3 is 12.0 Å². The Morgan fingerprint density at radius 2 is 1.76 bits per heavy atom. The maximum absolute atomic E-state index is 12.6. The van der Waals surface area contributed by atoms with Crippen LogP contribution in [0, 0.1) is 10.1 Å². The van der Waals surface area contributed by atoms with Gasteiger partial charge in [-0.2, -0.15) is 0 Å². The number of hydrogen-bond donors (Lipinski definition) is 2. The summed E-state index contributed by atoms with van der Waals surface area (Å²) in [5, 5.41) is 21.0. The number of benzene rings is 1. The molecule has 208 valence electrons. The van der Waals surface area contributed by atoms with E-state index in [1.165, 1.54) is 4.90 Å². The molecule has 3 amide bonds. The highest BCUT2D eigenvalue weighted by molar-refractivity contribution is 5.97. The topological polar surface area (TPSA) is 169 Å². The molecule has 1 rings (SSSR count).